The molecule has 0 bridgehead atoms. The highest BCUT2D eigenvalue weighted by molar-refractivity contribution is 5.85. The van der Waals surface area contributed by atoms with Crippen LogP contribution in [0.3, 0.4) is 0 Å². The number of hydroxylamine groups is 3. The lowest BCUT2D eigenvalue weighted by Crippen LogP contribution is -2.72. The van der Waals surface area contributed by atoms with Crippen LogP contribution in [0, 0.1) is 17.6 Å². The monoisotopic (exact) mass is 451 g/mol. The lowest BCUT2D eigenvalue weighted by Gasteiger charge is -2.52. The van der Waals surface area contributed by atoms with Crippen molar-refractivity contribution in [2.24, 2.45) is 4.99 Å². The van der Waals surface area contributed by atoms with E-state index in [2.05, 4.69) is 10.9 Å². The van der Waals surface area contributed by atoms with E-state index in [4.69, 9.17) is 11.2 Å². The Bertz CT molecular complexity index is 847. The van der Waals surface area contributed by atoms with Crippen molar-refractivity contribution >= 4 is 30.6 Å². The van der Waals surface area contributed by atoms with Crippen LogP contribution in [0.25, 0.3) is 0 Å². The number of carboxylic acid groups (broad SMARTS) is 1. The number of carbonyl (C=O) groups excluding carboxylic acids is 1. The molecule has 2 amide bonds. The van der Waals surface area contributed by atoms with E-state index in [1.54, 1.807) is 29.7 Å². The number of carbonyl (C=O) groups is 2. The maximum absolute atomic E-state index is 13.4. The van der Waals surface area contributed by atoms with Crippen LogP contribution in [0.15, 0.2) is 29.3 Å². The number of halogens is 1. The normalized spacial score (nSPS) is 32.3. The van der Waals surface area contributed by atoms with Crippen molar-refractivity contribution in [1.29, 1.82) is 0 Å². The van der Waals surface area contributed by atoms with Gasteiger partial charge in [0, 0.05) is 24.6 Å². The van der Waals surface area contributed by atoms with E-state index in [0.717, 1.165) is 25.7 Å². The molecule has 2 fully saturated rings. The van der Waals surface area contributed by atoms with Crippen molar-refractivity contribution in [1.82, 2.24) is 14.7 Å². The molecule has 0 aromatic rings. The summed E-state index contributed by atoms with van der Waals surface area (Å²) in [5, 5.41) is 22.9. The lowest BCUT2D eigenvalue weighted by molar-refractivity contribution is -0.840. The fraction of sp³-hybridized carbons (Fsp3) is 0.550. The molecule has 1 saturated carbocycles. The Balaban J connectivity index is 0.00000272. The summed E-state index contributed by atoms with van der Waals surface area (Å²) < 4.78 is 4.00. The molecule has 0 radical (unpaired) electrons. The third-order valence-electron chi connectivity index (χ3n) is 6.18. The Morgan fingerprint density at radius 1 is 1.39 bits per heavy atom. The fourth-order valence-corrected chi connectivity index (χ4v) is 4.62. The molecule has 1 N–H and O–H groups in total. The number of nitrogens with zero attached hydrogens (tertiary/aromatic N) is 5. The number of hydrogen-bond donors (Lipinski definition) is 1. The molecule has 1 saturated heterocycles. The molecule has 1 aliphatic carbocycles. The van der Waals surface area contributed by atoms with Gasteiger partial charge in [0.1, 0.15) is 19.8 Å². The number of terminal acetylenes is 1. The van der Waals surface area contributed by atoms with Crippen LogP contribution in [-0.2, 0) is 9.53 Å². The van der Waals surface area contributed by atoms with E-state index >= 15 is 0 Å². The average molecular weight is 452 g/mol. The first kappa shape index (κ1) is 23.1. The van der Waals surface area contributed by atoms with Gasteiger partial charge >= 0.3 is 12.0 Å². The molecule has 0 aromatic carbocycles. The van der Waals surface area contributed by atoms with Crippen molar-refractivity contribution in [3.8, 4) is 12.3 Å². The quantitative estimate of drug-likeness (QED) is 0.392. The Morgan fingerprint density at radius 3 is 2.77 bits per heavy atom. The van der Waals surface area contributed by atoms with Gasteiger partial charge in [0.25, 0.3) is 6.17 Å². The third-order valence-corrected chi connectivity index (χ3v) is 6.18. The zero-order valence-electron chi connectivity index (χ0n) is 17.0. The summed E-state index contributed by atoms with van der Waals surface area (Å²) in [6.07, 6.45) is 12.0. The number of ether oxygens (including phenoxy) is 1. The number of amides is 2. The summed E-state index contributed by atoms with van der Waals surface area (Å²) in [6, 6.07) is -0.0347. The molecule has 2 unspecified atom stereocenters. The second-order valence-corrected chi connectivity index (χ2v) is 7.91. The Kier molecular flexibility index (Phi) is 6.91. The first-order valence-corrected chi connectivity index (χ1v) is 10.1. The van der Waals surface area contributed by atoms with E-state index in [9.17, 15) is 19.9 Å². The average Bonchev–Trinajstić information content (AvgIpc) is 3.16. The van der Waals surface area contributed by atoms with Crippen molar-refractivity contribution in [2.45, 2.75) is 44.0 Å². The molecule has 168 valence electrons. The van der Waals surface area contributed by atoms with Gasteiger partial charge in [-0.15, -0.1) is 18.8 Å². The SMILES string of the molecule is C#CCOC1CCC(N2CC[N+]([O-])(C(=O)O)C(N3C=C4C=NC=CN4C3)C2=O)CC1.Cl. The van der Waals surface area contributed by atoms with E-state index in [0.29, 0.717) is 5.70 Å². The number of piperazine rings is 1. The summed E-state index contributed by atoms with van der Waals surface area (Å²) >= 11 is 0. The number of rotatable bonds is 4. The van der Waals surface area contributed by atoms with Gasteiger partial charge in [0.2, 0.25) is 0 Å². The molecule has 31 heavy (non-hydrogen) atoms. The minimum Gasteiger partial charge on any atom is -0.621 e. The lowest BCUT2D eigenvalue weighted by atomic mass is 9.91. The van der Waals surface area contributed by atoms with Crippen LogP contribution in [0.5, 0.6) is 0 Å². The molecular weight excluding hydrogens is 426 g/mol. The Labute approximate surface area is 187 Å². The summed E-state index contributed by atoms with van der Waals surface area (Å²) in [5.74, 6) is 2.03. The molecule has 0 spiro atoms. The number of quaternary nitrogens is 1. The second kappa shape index (κ2) is 9.28. The van der Waals surface area contributed by atoms with Crippen LogP contribution in [0.2, 0.25) is 0 Å². The van der Waals surface area contributed by atoms with Crippen molar-refractivity contribution in [3.63, 3.8) is 0 Å². The maximum Gasteiger partial charge on any atom is 0.515 e. The zero-order chi connectivity index (χ0) is 21.3. The predicted octanol–water partition coefficient (Wildman–Crippen LogP) is 1.50. The molecule has 11 heteroatoms. The highest BCUT2D eigenvalue weighted by atomic mass is 35.5. The van der Waals surface area contributed by atoms with Crippen molar-refractivity contribution in [2.75, 3.05) is 26.4 Å². The summed E-state index contributed by atoms with van der Waals surface area (Å²) in [6.45, 7) is 0.432. The summed E-state index contributed by atoms with van der Waals surface area (Å²) in [7, 11) is 0. The second-order valence-electron chi connectivity index (χ2n) is 7.91. The van der Waals surface area contributed by atoms with Gasteiger partial charge in [-0.2, -0.15) is 4.79 Å². The zero-order valence-corrected chi connectivity index (χ0v) is 17.8. The van der Waals surface area contributed by atoms with Crippen LogP contribution in [-0.4, -0.2) is 87.3 Å². The predicted molar refractivity (Wildman–Crippen MR) is 114 cm³/mol. The number of fused-ring (bicyclic) bond motifs is 1. The highest BCUT2D eigenvalue weighted by Crippen LogP contribution is 2.33. The van der Waals surface area contributed by atoms with E-state index < -0.39 is 22.8 Å². The summed E-state index contributed by atoms with van der Waals surface area (Å²) in [5.41, 5.74) is 0.713. The van der Waals surface area contributed by atoms with Crippen LogP contribution < -0.4 is 0 Å². The van der Waals surface area contributed by atoms with E-state index in [-0.39, 0.29) is 50.9 Å². The number of hydrogen-bond acceptors (Lipinski definition) is 7. The fourth-order valence-electron chi connectivity index (χ4n) is 4.62. The minimum atomic E-state index is -1.60. The number of aliphatic imine (C=N–C) groups is 1. The van der Waals surface area contributed by atoms with Gasteiger partial charge in [-0.05, 0) is 25.7 Å². The molecule has 2 atom stereocenters. The highest BCUT2D eigenvalue weighted by Gasteiger charge is 2.53. The topological polar surface area (TPSA) is 109 Å². The van der Waals surface area contributed by atoms with Crippen LogP contribution in [0.4, 0.5) is 4.79 Å². The number of allylic oxidation sites excluding steroid dienone is 1. The van der Waals surface area contributed by atoms with E-state index in [1.165, 1.54) is 4.90 Å². The van der Waals surface area contributed by atoms with Crippen molar-refractivity contribution in [3.05, 3.63) is 29.5 Å². The Morgan fingerprint density at radius 2 is 2.13 bits per heavy atom. The van der Waals surface area contributed by atoms with Gasteiger partial charge in [0.05, 0.1) is 24.6 Å². The molecular formula is C20H26ClN5O5. The molecule has 3 aliphatic heterocycles. The first-order chi connectivity index (χ1) is 14.4. The Hall–Kier alpha value is -2.58. The molecule has 3 heterocycles. The third kappa shape index (κ3) is 4.27. The smallest absolute Gasteiger partial charge is 0.515 e. The van der Waals surface area contributed by atoms with Crippen LogP contribution in [0.1, 0.15) is 25.7 Å². The van der Waals surface area contributed by atoms with Gasteiger partial charge in [-0.1, -0.05) is 5.92 Å². The van der Waals surface area contributed by atoms with Gasteiger partial charge in [-0.3, -0.25) is 9.79 Å². The summed E-state index contributed by atoms with van der Waals surface area (Å²) in [4.78, 5) is 34.4. The van der Waals surface area contributed by atoms with Gasteiger partial charge in [-0.25, -0.2) is 4.65 Å². The molecule has 0 aromatic heterocycles. The largest absolute Gasteiger partial charge is 0.621 e. The van der Waals surface area contributed by atoms with E-state index in [1.807, 2.05) is 4.90 Å². The standard InChI is InChI=1S/C20H25N5O5.ClH/c1-2-11-30-17-5-3-15(4-6-17)24-9-10-25(29,20(27)28)18(19(24)26)23-13-16-12-21-7-8-22(16)14-23;/h1,7-8,12-13,15,17-18H,3-6,9-11,14H2,(H,27,28);1H. The first-order valence-electron chi connectivity index (χ1n) is 10.1. The maximum atomic E-state index is 13.4. The van der Waals surface area contributed by atoms with Crippen molar-refractivity contribution < 1.29 is 24.1 Å². The van der Waals surface area contributed by atoms with Crippen LogP contribution >= 0.6 is 12.4 Å². The van der Waals surface area contributed by atoms with Gasteiger partial charge < -0.3 is 29.8 Å². The molecule has 10 nitrogen and oxygen atoms in total. The minimum absolute atomic E-state index is 0. The van der Waals surface area contributed by atoms with Gasteiger partial charge in [0.15, 0.2) is 0 Å². The molecule has 4 aliphatic rings. The molecule has 4 rings (SSSR count).